The van der Waals surface area contributed by atoms with E-state index in [1.54, 1.807) is 7.11 Å². The minimum atomic E-state index is -0.222. The summed E-state index contributed by atoms with van der Waals surface area (Å²) in [4.78, 5) is 12.2. The molecule has 2 aromatic rings. The zero-order valence-corrected chi connectivity index (χ0v) is 29.2. The molecule has 0 bridgehead atoms. The Bertz CT molecular complexity index is 1090. The topological polar surface area (TPSA) is 35.5 Å². The van der Waals surface area contributed by atoms with E-state index in [1.165, 1.54) is 24.8 Å². The van der Waals surface area contributed by atoms with Crippen molar-refractivity contribution in [1.82, 2.24) is 0 Å². The Hall–Kier alpha value is -2.29. The third-order valence-corrected chi connectivity index (χ3v) is 11.2. The van der Waals surface area contributed by atoms with Crippen LogP contribution in [0.4, 0.5) is 0 Å². The molecule has 236 valence electrons. The van der Waals surface area contributed by atoms with Gasteiger partial charge in [-0.1, -0.05) is 126 Å². The molecule has 2 atom stereocenters. The SMILES string of the molecule is CCC(C)(CC(C)(C)c1ccc(OC)cc1)C(C)(C)CC(C)(C)C(C)(C)CCCC(C)CCOC(=O)c1ccccc1. The summed E-state index contributed by atoms with van der Waals surface area (Å²) < 4.78 is 10.9. The van der Waals surface area contributed by atoms with Crippen LogP contribution in [0.5, 0.6) is 5.75 Å². The standard InChI is InChI=1S/C39H62O3/c1-13-39(11,28-35(3,4)32-21-23-33(41-12)24-22-32)38(9,10)29-37(7,8)36(5,6)26-17-18-30(2)25-27-42-34(40)31-19-15-14-16-20-31/h14-16,19-24,30H,13,17-18,25-29H2,1-12H3. The smallest absolute Gasteiger partial charge is 0.338 e. The average molecular weight is 579 g/mol. The molecule has 0 aliphatic carbocycles. The zero-order chi connectivity index (χ0) is 31.8. The van der Waals surface area contributed by atoms with E-state index in [1.807, 2.05) is 30.3 Å². The van der Waals surface area contributed by atoms with Crippen LogP contribution < -0.4 is 4.74 Å². The Morgan fingerprint density at radius 1 is 0.762 bits per heavy atom. The number of hydrogen-bond donors (Lipinski definition) is 0. The van der Waals surface area contributed by atoms with Gasteiger partial charge in [0.25, 0.3) is 0 Å². The highest BCUT2D eigenvalue weighted by atomic mass is 16.5. The first-order valence-corrected chi connectivity index (χ1v) is 16.3. The van der Waals surface area contributed by atoms with Gasteiger partial charge in [0.05, 0.1) is 19.3 Å². The molecule has 2 rings (SSSR count). The second-order valence-corrected chi connectivity index (χ2v) is 15.8. The van der Waals surface area contributed by atoms with Crippen LogP contribution in [0.2, 0.25) is 0 Å². The van der Waals surface area contributed by atoms with E-state index >= 15 is 0 Å². The van der Waals surface area contributed by atoms with Gasteiger partial charge in [0.15, 0.2) is 0 Å². The first kappa shape index (κ1) is 35.9. The van der Waals surface area contributed by atoms with Crippen molar-refractivity contribution in [2.24, 2.45) is 27.6 Å². The predicted octanol–water partition coefficient (Wildman–Crippen LogP) is 11.3. The number of benzene rings is 2. The van der Waals surface area contributed by atoms with Crippen LogP contribution in [0.15, 0.2) is 54.6 Å². The van der Waals surface area contributed by atoms with Crippen molar-refractivity contribution in [2.45, 2.75) is 127 Å². The molecule has 0 spiro atoms. The Morgan fingerprint density at radius 2 is 1.36 bits per heavy atom. The van der Waals surface area contributed by atoms with Crippen molar-refractivity contribution in [2.75, 3.05) is 13.7 Å². The van der Waals surface area contributed by atoms with Gasteiger partial charge in [-0.2, -0.15) is 0 Å². The van der Waals surface area contributed by atoms with Crippen LogP contribution in [0.1, 0.15) is 137 Å². The third kappa shape index (κ3) is 9.35. The maximum Gasteiger partial charge on any atom is 0.338 e. The molecule has 0 saturated heterocycles. The van der Waals surface area contributed by atoms with E-state index in [9.17, 15) is 4.79 Å². The van der Waals surface area contributed by atoms with Gasteiger partial charge in [-0.25, -0.2) is 4.79 Å². The van der Waals surface area contributed by atoms with Gasteiger partial charge in [-0.05, 0) is 88.5 Å². The van der Waals surface area contributed by atoms with E-state index in [0.29, 0.717) is 18.1 Å². The molecule has 0 heterocycles. The maximum absolute atomic E-state index is 12.2. The summed E-state index contributed by atoms with van der Waals surface area (Å²) in [5, 5.41) is 0. The van der Waals surface area contributed by atoms with Crippen LogP contribution >= 0.6 is 0 Å². The van der Waals surface area contributed by atoms with Gasteiger partial charge in [0.1, 0.15) is 5.75 Å². The van der Waals surface area contributed by atoms with Crippen LogP contribution in [0.25, 0.3) is 0 Å². The summed E-state index contributed by atoms with van der Waals surface area (Å²) in [5.41, 5.74) is 2.83. The van der Waals surface area contributed by atoms with Gasteiger partial charge in [-0.15, -0.1) is 0 Å². The number of methoxy groups -OCH3 is 1. The molecule has 0 N–H and O–H groups in total. The van der Waals surface area contributed by atoms with Crippen molar-refractivity contribution in [3.05, 3.63) is 65.7 Å². The van der Waals surface area contributed by atoms with Gasteiger partial charge in [0.2, 0.25) is 0 Å². The number of carbonyl (C=O) groups excluding carboxylic acids is 1. The van der Waals surface area contributed by atoms with E-state index in [0.717, 1.165) is 31.4 Å². The predicted molar refractivity (Wildman–Crippen MR) is 179 cm³/mol. The van der Waals surface area contributed by atoms with Crippen LogP contribution in [-0.4, -0.2) is 19.7 Å². The van der Waals surface area contributed by atoms with Crippen molar-refractivity contribution in [3.8, 4) is 5.75 Å². The third-order valence-electron chi connectivity index (χ3n) is 11.2. The van der Waals surface area contributed by atoms with Gasteiger partial charge >= 0.3 is 5.97 Å². The summed E-state index contributed by atoms with van der Waals surface area (Å²) >= 11 is 0. The number of rotatable bonds is 17. The lowest BCUT2D eigenvalue weighted by Crippen LogP contribution is -2.45. The molecular weight excluding hydrogens is 516 g/mol. The molecule has 0 aliphatic heterocycles. The first-order valence-electron chi connectivity index (χ1n) is 16.3. The Balaban J connectivity index is 1.96. The maximum atomic E-state index is 12.2. The highest BCUT2D eigenvalue weighted by Crippen LogP contribution is 2.58. The first-order chi connectivity index (χ1) is 19.4. The molecule has 0 amide bonds. The van der Waals surface area contributed by atoms with Crippen LogP contribution in [-0.2, 0) is 10.2 Å². The van der Waals surface area contributed by atoms with Crippen LogP contribution in [0.3, 0.4) is 0 Å². The van der Waals surface area contributed by atoms with E-state index in [-0.39, 0.29) is 33.0 Å². The lowest BCUT2D eigenvalue weighted by atomic mass is 9.51. The van der Waals surface area contributed by atoms with E-state index in [2.05, 4.69) is 100 Å². The molecule has 3 heteroatoms. The molecule has 0 saturated carbocycles. The van der Waals surface area contributed by atoms with Crippen molar-refractivity contribution >= 4 is 5.97 Å². The highest BCUT2D eigenvalue weighted by Gasteiger charge is 2.48. The zero-order valence-electron chi connectivity index (χ0n) is 29.2. The van der Waals surface area contributed by atoms with E-state index in [4.69, 9.17) is 9.47 Å². The second kappa shape index (κ2) is 14.5. The lowest BCUT2D eigenvalue weighted by molar-refractivity contribution is -0.0324. The average Bonchev–Trinajstić information content (AvgIpc) is 2.92. The molecule has 42 heavy (non-hydrogen) atoms. The monoisotopic (exact) mass is 578 g/mol. The molecule has 0 fully saturated rings. The summed E-state index contributed by atoms with van der Waals surface area (Å²) in [5.74, 6) is 1.23. The number of ether oxygens (including phenoxy) is 2. The van der Waals surface area contributed by atoms with Gasteiger partial charge in [-0.3, -0.25) is 0 Å². The van der Waals surface area contributed by atoms with Gasteiger partial charge in [0, 0.05) is 0 Å². The molecular formula is C39H62O3. The second-order valence-electron chi connectivity index (χ2n) is 15.8. The number of carbonyl (C=O) groups is 1. The molecule has 2 unspecified atom stereocenters. The fraction of sp³-hybridized carbons (Fsp3) is 0.667. The minimum absolute atomic E-state index is 0.0690. The minimum Gasteiger partial charge on any atom is -0.497 e. The summed E-state index contributed by atoms with van der Waals surface area (Å²) in [6.45, 7) is 27.4. The van der Waals surface area contributed by atoms with Crippen LogP contribution in [0, 0.1) is 27.6 Å². The normalized spacial score (nSPS) is 15.1. The molecule has 0 aromatic heterocycles. The molecule has 2 aromatic carbocycles. The number of esters is 1. The largest absolute Gasteiger partial charge is 0.497 e. The number of hydrogen-bond acceptors (Lipinski definition) is 3. The van der Waals surface area contributed by atoms with Crippen molar-refractivity contribution in [1.29, 1.82) is 0 Å². The molecule has 3 nitrogen and oxygen atoms in total. The molecule has 0 radical (unpaired) electrons. The molecule has 0 aliphatic rings. The Labute approximate surface area is 259 Å². The fourth-order valence-corrected chi connectivity index (χ4v) is 6.91. The lowest BCUT2D eigenvalue weighted by Gasteiger charge is -2.54. The Morgan fingerprint density at radius 3 is 1.90 bits per heavy atom. The quantitative estimate of drug-likeness (QED) is 0.175. The highest BCUT2D eigenvalue weighted by molar-refractivity contribution is 5.89. The Kier molecular flexibility index (Phi) is 12.4. The fourth-order valence-electron chi connectivity index (χ4n) is 6.91. The van der Waals surface area contributed by atoms with Crippen molar-refractivity contribution < 1.29 is 14.3 Å². The summed E-state index contributed by atoms with van der Waals surface area (Å²) in [7, 11) is 1.73. The summed E-state index contributed by atoms with van der Waals surface area (Å²) in [6, 6.07) is 17.9. The summed E-state index contributed by atoms with van der Waals surface area (Å²) in [6.07, 6.45) is 7.94. The van der Waals surface area contributed by atoms with Crippen molar-refractivity contribution in [3.63, 3.8) is 0 Å². The van der Waals surface area contributed by atoms with E-state index < -0.39 is 0 Å². The van der Waals surface area contributed by atoms with Gasteiger partial charge < -0.3 is 9.47 Å².